The van der Waals surface area contributed by atoms with Crippen molar-refractivity contribution in [2.45, 2.75) is 43.4 Å². The molecule has 1 N–H and O–H groups in total. The summed E-state index contributed by atoms with van der Waals surface area (Å²) in [5.74, 6) is 0.0206. The van der Waals surface area contributed by atoms with Gasteiger partial charge in [0.05, 0.1) is 30.9 Å². The molecule has 0 saturated carbocycles. The molecule has 2 unspecified atom stereocenters. The smallest absolute Gasteiger partial charge is 0.410 e. The third-order valence-corrected chi connectivity index (χ3v) is 7.61. The summed E-state index contributed by atoms with van der Waals surface area (Å²) in [4.78, 5) is 19.5. The predicted octanol–water partition coefficient (Wildman–Crippen LogP) is 4.39. The van der Waals surface area contributed by atoms with Gasteiger partial charge in [-0.25, -0.2) is 4.79 Å². The molecule has 2 atom stereocenters. The van der Waals surface area contributed by atoms with Gasteiger partial charge >= 0.3 is 6.09 Å². The van der Waals surface area contributed by atoms with Crippen LogP contribution in [-0.4, -0.2) is 53.0 Å². The van der Waals surface area contributed by atoms with Gasteiger partial charge in [0.25, 0.3) is 0 Å². The number of aryl methyl sites for hydroxylation is 1. The van der Waals surface area contributed by atoms with Gasteiger partial charge in [0.2, 0.25) is 0 Å². The Morgan fingerprint density at radius 3 is 2.26 bits per heavy atom. The largest absolute Gasteiger partial charge is 0.448 e. The number of hydrogen-bond acceptors (Lipinski definition) is 5. The molecule has 2 saturated heterocycles. The molecule has 2 aromatic carbocycles. The van der Waals surface area contributed by atoms with Crippen LogP contribution in [0, 0.1) is 6.92 Å². The molecule has 0 spiro atoms. The molecule has 1 aliphatic carbocycles. The lowest BCUT2D eigenvalue weighted by Gasteiger charge is -2.51. The Morgan fingerprint density at radius 2 is 1.65 bits per heavy atom. The zero-order valence-corrected chi connectivity index (χ0v) is 19.2. The second-order valence-electron chi connectivity index (χ2n) is 9.63. The Morgan fingerprint density at radius 1 is 1.03 bits per heavy atom. The second kappa shape index (κ2) is 8.22. The number of nitrogens with zero attached hydrogens (tertiary/aromatic N) is 2. The molecular weight excluding hydrogens is 428 g/mol. The lowest BCUT2D eigenvalue weighted by molar-refractivity contribution is -0.136. The summed E-state index contributed by atoms with van der Waals surface area (Å²) in [6.07, 6.45) is 2.21. The van der Waals surface area contributed by atoms with Gasteiger partial charge < -0.3 is 14.6 Å². The van der Waals surface area contributed by atoms with Crippen LogP contribution in [0.4, 0.5) is 4.79 Å². The molecule has 0 radical (unpaired) electrons. The fourth-order valence-electron chi connectivity index (χ4n) is 6.14. The fraction of sp³-hybridized carbons (Fsp3) is 0.357. The van der Waals surface area contributed by atoms with Crippen LogP contribution in [0.2, 0.25) is 0 Å². The van der Waals surface area contributed by atoms with Gasteiger partial charge in [-0.3, -0.25) is 9.88 Å². The van der Waals surface area contributed by atoms with Gasteiger partial charge in [0.1, 0.15) is 6.61 Å². The molecule has 6 nitrogen and oxygen atoms in total. The Kier molecular flexibility index (Phi) is 5.15. The molecule has 3 aliphatic rings. The lowest BCUT2D eigenvalue weighted by atomic mass is 9.76. The Labute approximate surface area is 199 Å². The number of fused-ring (bicyclic) bond motifs is 5. The minimum absolute atomic E-state index is 0.0206. The van der Waals surface area contributed by atoms with E-state index >= 15 is 0 Å². The van der Waals surface area contributed by atoms with Gasteiger partial charge in [0.15, 0.2) is 0 Å². The number of ether oxygens (including phenoxy) is 2. The first-order valence-electron chi connectivity index (χ1n) is 11.9. The molecular formula is C28H28N2O4. The third-order valence-electron chi connectivity index (χ3n) is 7.61. The van der Waals surface area contributed by atoms with Gasteiger partial charge in [0, 0.05) is 36.2 Å². The first-order valence-corrected chi connectivity index (χ1v) is 11.9. The van der Waals surface area contributed by atoms with Crippen molar-refractivity contribution >= 4 is 6.09 Å². The highest BCUT2D eigenvalue weighted by Gasteiger charge is 2.50. The number of piperidine rings is 1. The van der Waals surface area contributed by atoms with Crippen LogP contribution in [0.25, 0.3) is 11.1 Å². The number of rotatable bonds is 3. The Hall–Kier alpha value is -3.22. The van der Waals surface area contributed by atoms with E-state index in [-0.39, 0.29) is 30.7 Å². The van der Waals surface area contributed by atoms with Gasteiger partial charge in [-0.15, -0.1) is 0 Å². The molecule has 6 rings (SSSR count). The highest BCUT2D eigenvalue weighted by Crippen LogP contribution is 2.45. The normalized spacial score (nSPS) is 25.5. The molecule has 2 fully saturated rings. The number of pyridine rings is 1. The molecule has 3 aromatic rings. The second-order valence-corrected chi connectivity index (χ2v) is 9.63. The minimum Gasteiger partial charge on any atom is -0.448 e. The number of benzene rings is 2. The van der Waals surface area contributed by atoms with Crippen LogP contribution in [0.15, 0.2) is 66.9 Å². The van der Waals surface area contributed by atoms with E-state index in [0.29, 0.717) is 26.1 Å². The topological polar surface area (TPSA) is 71.9 Å². The monoisotopic (exact) mass is 456 g/mol. The van der Waals surface area contributed by atoms with Crippen molar-refractivity contribution < 1.29 is 19.4 Å². The Balaban J connectivity index is 1.21. The van der Waals surface area contributed by atoms with Crippen molar-refractivity contribution in [1.29, 1.82) is 0 Å². The van der Waals surface area contributed by atoms with Crippen LogP contribution < -0.4 is 0 Å². The van der Waals surface area contributed by atoms with Gasteiger partial charge in [-0.2, -0.15) is 0 Å². The first kappa shape index (κ1) is 21.3. The van der Waals surface area contributed by atoms with Crippen molar-refractivity contribution in [3.05, 3.63) is 89.2 Å². The van der Waals surface area contributed by atoms with Crippen molar-refractivity contribution in [2.24, 2.45) is 0 Å². The number of carbonyl (C=O) groups is 1. The molecule has 2 aliphatic heterocycles. The number of carbonyl (C=O) groups excluding carboxylic acids is 1. The summed E-state index contributed by atoms with van der Waals surface area (Å²) >= 11 is 0. The van der Waals surface area contributed by atoms with E-state index in [4.69, 9.17) is 9.47 Å². The maximum atomic E-state index is 13.4. The molecule has 3 heterocycles. The summed E-state index contributed by atoms with van der Waals surface area (Å²) in [7, 11) is 0. The summed E-state index contributed by atoms with van der Waals surface area (Å²) in [5.41, 5.74) is 5.42. The number of morpholine rings is 1. The van der Waals surface area contributed by atoms with E-state index < -0.39 is 5.60 Å². The molecule has 174 valence electrons. The number of aliphatic hydroxyl groups is 1. The standard InChI is InChI=1S/C28H28N2O4/c1-18-26(11-6-12-29-18)28(32)13-19-15-33-16-20(14-28)30(19)27(31)34-17-25-23-9-4-2-7-21(23)22-8-3-5-10-24(22)25/h2-12,19-20,25,32H,13-17H2,1H3. The summed E-state index contributed by atoms with van der Waals surface area (Å²) in [6, 6.07) is 20.0. The van der Waals surface area contributed by atoms with Crippen LogP contribution in [0.1, 0.15) is 41.1 Å². The van der Waals surface area contributed by atoms with Crippen LogP contribution >= 0.6 is 0 Å². The zero-order valence-electron chi connectivity index (χ0n) is 19.2. The van der Waals surface area contributed by atoms with Gasteiger partial charge in [-0.1, -0.05) is 54.6 Å². The summed E-state index contributed by atoms with van der Waals surface area (Å²) in [6.45, 7) is 2.98. The van der Waals surface area contributed by atoms with Crippen molar-refractivity contribution in [2.75, 3.05) is 19.8 Å². The molecule has 34 heavy (non-hydrogen) atoms. The highest BCUT2D eigenvalue weighted by molar-refractivity contribution is 5.79. The van der Waals surface area contributed by atoms with Crippen molar-refractivity contribution in [1.82, 2.24) is 9.88 Å². The number of amides is 1. The van der Waals surface area contributed by atoms with Crippen LogP contribution in [-0.2, 0) is 15.1 Å². The average Bonchev–Trinajstić information content (AvgIpc) is 3.16. The maximum Gasteiger partial charge on any atom is 0.410 e. The minimum atomic E-state index is -1.03. The van der Waals surface area contributed by atoms with E-state index in [0.717, 1.165) is 11.3 Å². The zero-order chi connectivity index (χ0) is 23.3. The quantitative estimate of drug-likeness (QED) is 0.633. The SMILES string of the molecule is Cc1ncccc1C1(O)CC2COCC(C1)N2C(=O)OCC1c2ccccc2-c2ccccc21. The lowest BCUT2D eigenvalue weighted by Crippen LogP contribution is -2.62. The molecule has 1 amide bonds. The first-order chi connectivity index (χ1) is 16.5. The molecule has 1 aromatic heterocycles. The van der Waals surface area contributed by atoms with E-state index in [2.05, 4.69) is 29.2 Å². The Bertz CT molecular complexity index is 1180. The van der Waals surface area contributed by atoms with Gasteiger partial charge in [-0.05, 0) is 35.2 Å². The third kappa shape index (κ3) is 3.40. The van der Waals surface area contributed by atoms with Crippen molar-refractivity contribution in [3.63, 3.8) is 0 Å². The fourth-order valence-corrected chi connectivity index (χ4v) is 6.14. The highest BCUT2D eigenvalue weighted by atomic mass is 16.6. The van der Waals surface area contributed by atoms with E-state index in [9.17, 15) is 9.90 Å². The van der Waals surface area contributed by atoms with Crippen LogP contribution in [0.3, 0.4) is 0 Å². The molecule has 2 bridgehead atoms. The molecule has 6 heteroatoms. The average molecular weight is 457 g/mol. The van der Waals surface area contributed by atoms with E-state index in [1.54, 1.807) is 11.1 Å². The van der Waals surface area contributed by atoms with E-state index in [1.165, 1.54) is 22.3 Å². The predicted molar refractivity (Wildman–Crippen MR) is 127 cm³/mol. The maximum absolute atomic E-state index is 13.4. The van der Waals surface area contributed by atoms with E-state index in [1.807, 2.05) is 43.3 Å². The van der Waals surface area contributed by atoms with Crippen molar-refractivity contribution in [3.8, 4) is 11.1 Å². The van der Waals surface area contributed by atoms with Crippen LogP contribution in [0.5, 0.6) is 0 Å². The summed E-state index contributed by atoms with van der Waals surface area (Å²) in [5, 5.41) is 11.6. The number of hydrogen-bond donors (Lipinski definition) is 1. The number of aromatic nitrogens is 1. The summed E-state index contributed by atoms with van der Waals surface area (Å²) < 4.78 is 11.7.